The van der Waals surface area contributed by atoms with Crippen molar-refractivity contribution in [2.24, 2.45) is 5.92 Å². The summed E-state index contributed by atoms with van der Waals surface area (Å²) in [7, 11) is 1.62. The van der Waals surface area contributed by atoms with Crippen LogP contribution in [-0.2, 0) is 0 Å². The fourth-order valence-corrected chi connectivity index (χ4v) is 2.74. The van der Waals surface area contributed by atoms with Crippen molar-refractivity contribution in [3.8, 4) is 5.75 Å². The largest absolute Gasteiger partial charge is 0.497 e. The smallest absolute Gasteiger partial charge is 0.176 e. The second kappa shape index (κ2) is 7.57. The van der Waals surface area contributed by atoms with Gasteiger partial charge >= 0.3 is 0 Å². The lowest BCUT2D eigenvalue weighted by Gasteiger charge is -2.35. The summed E-state index contributed by atoms with van der Waals surface area (Å²) in [4.78, 5) is 17.1. The molecule has 0 bridgehead atoms. The first-order valence-corrected chi connectivity index (χ1v) is 7.70. The molecule has 1 fully saturated rings. The molecule has 0 amide bonds. The van der Waals surface area contributed by atoms with Gasteiger partial charge in [-0.15, -0.1) is 0 Å². The van der Waals surface area contributed by atoms with Crippen molar-refractivity contribution in [3.05, 3.63) is 29.8 Å². The molecular formula is C17H26N2O2. The van der Waals surface area contributed by atoms with Gasteiger partial charge in [0.25, 0.3) is 0 Å². The zero-order chi connectivity index (χ0) is 15.2. The van der Waals surface area contributed by atoms with E-state index in [-0.39, 0.29) is 5.78 Å². The van der Waals surface area contributed by atoms with Crippen molar-refractivity contribution in [3.63, 3.8) is 0 Å². The molecule has 2 rings (SSSR count). The molecule has 0 saturated carbocycles. The maximum absolute atomic E-state index is 12.3. The van der Waals surface area contributed by atoms with Gasteiger partial charge in [0.05, 0.1) is 13.7 Å². The number of carbonyl (C=O) groups excluding carboxylic acids is 1. The number of hydrogen-bond acceptors (Lipinski definition) is 4. The van der Waals surface area contributed by atoms with Gasteiger partial charge in [-0.05, 0) is 18.1 Å². The minimum absolute atomic E-state index is 0.172. The minimum atomic E-state index is 0.172. The first-order valence-electron chi connectivity index (χ1n) is 7.70. The average Bonchev–Trinajstić information content (AvgIpc) is 2.49. The fraction of sp³-hybridized carbons (Fsp3) is 0.588. The molecule has 1 aromatic carbocycles. The molecule has 0 N–H and O–H groups in total. The van der Waals surface area contributed by atoms with E-state index in [4.69, 9.17) is 4.74 Å². The quantitative estimate of drug-likeness (QED) is 0.752. The van der Waals surface area contributed by atoms with Gasteiger partial charge in [0, 0.05) is 38.3 Å². The van der Waals surface area contributed by atoms with Crippen LogP contribution >= 0.6 is 0 Å². The lowest BCUT2D eigenvalue weighted by Crippen LogP contribution is -2.48. The van der Waals surface area contributed by atoms with Gasteiger partial charge in [-0.2, -0.15) is 0 Å². The Morgan fingerprint density at radius 3 is 2.48 bits per heavy atom. The Labute approximate surface area is 127 Å². The molecule has 4 nitrogen and oxygen atoms in total. The van der Waals surface area contributed by atoms with Crippen LogP contribution in [0.2, 0.25) is 0 Å². The van der Waals surface area contributed by atoms with Crippen molar-refractivity contribution in [1.82, 2.24) is 9.80 Å². The highest BCUT2D eigenvalue weighted by Gasteiger charge is 2.20. The molecule has 1 saturated heterocycles. The monoisotopic (exact) mass is 290 g/mol. The third kappa shape index (κ3) is 4.83. The van der Waals surface area contributed by atoms with Gasteiger partial charge in [0.2, 0.25) is 0 Å². The highest BCUT2D eigenvalue weighted by molar-refractivity contribution is 5.97. The van der Waals surface area contributed by atoms with Crippen LogP contribution < -0.4 is 4.74 Å². The van der Waals surface area contributed by atoms with E-state index in [9.17, 15) is 4.79 Å². The molecule has 1 aromatic rings. The summed E-state index contributed by atoms with van der Waals surface area (Å²) in [5, 5.41) is 0. The van der Waals surface area contributed by atoms with E-state index in [2.05, 4.69) is 23.6 Å². The van der Waals surface area contributed by atoms with Crippen LogP contribution in [0.5, 0.6) is 5.75 Å². The third-order valence-electron chi connectivity index (χ3n) is 3.85. The van der Waals surface area contributed by atoms with Crippen LogP contribution in [0.15, 0.2) is 24.3 Å². The highest BCUT2D eigenvalue weighted by atomic mass is 16.5. The number of benzene rings is 1. The maximum atomic E-state index is 12.3. The lowest BCUT2D eigenvalue weighted by molar-refractivity contribution is 0.0837. The molecule has 0 aromatic heterocycles. The topological polar surface area (TPSA) is 32.8 Å². The molecule has 1 heterocycles. The van der Waals surface area contributed by atoms with Crippen molar-refractivity contribution >= 4 is 5.78 Å². The third-order valence-corrected chi connectivity index (χ3v) is 3.85. The van der Waals surface area contributed by atoms with E-state index in [1.807, 2.05) is 24.3 Å². The van der Waals surface area contributed by atoms with Crippen molar-refractivity contribution < 1.29 is 9.53 Å². The molecular weight excluding hydrogens is 264 g/mol. The fourth-order valence-electron chi connectivity index (χ4n) is 2.74. The van der Waals surface area contributed by atoms with Crippen LogP contribution in [0.3, 0.4) is 0 Å². The van der Waals surface area contributed by atoms with E-state index in [1.165, 1.54) is 0 Å². The summed E-state index contributed by atoms with van der Waals surface area (Å²) in [5.74, 6) is 1.61. The summed E-state index contributed by atoms with van der Waals surface area (Å²) >= 11 is 0. The van der Waals surface area contributed by atoms with Gasteiger partial charge in [-0.1, -0.05) is 26.0 Å². The summed E-state index contributed by atoms with van der Waals surface area (Å²) in [6.45, 7) is 10.2. The molecule has 21 heavy (non-hydrogen) atoms. The zero-order valence-corrected chi connectivity index (χ0v) is 13.3. The number of piperazine rings is 1. The normalized spacial score (nSPS) is 17.1. The average molecular weight is 290 g/mol. The molecule has 0 spiro atoms. The summed E-state index contributed by atoms with van der Waals surface area (Å²) in [6, 6.07) is 7.41. The zero-order valence-electron chi connectivity index (χ0n) is 13.3. The second-order valence-electron chi connectivity index (χ2n) is 6.13. The number of nitrogens with zero attached hydrogens (tertiary/aromatic N) is 2. The Morgan fingerprint density at radius 2 is 1.86 bits per heavy atom. The molecule has 0 radical (unpaired) electrons. The van der Waals surface area contributed by atoms with Crippen LogP contribution in [0, 0.1) is 5.92 Å². The molecule has 0 unspecified atom stereocenters. The van der Waals surface area contributed by atoms with E-state index in [0.717, 1.165) is 44.0 Å². The van der Waals surface area contributed by atoms with E-state index in [1.54, 1.807) is 7.11 Å². The first kappa shape index (κ1) is 16.0. The Bertz CT molecular complexity index is 466. The van der Waals surface area contributed by atoms with Gasteiger partial charge in [0.1, 0.15) is 5.75 Å². The molecule has 116 valence electrons. The number of ketones is 1. The summed E-state index contributed by atoms with van der Waals surface area (Å²) in [6.07, 6.45) is 0. The van der Waals surface area contributed by atoms with Crippen LogP contribution in [-0.4, -0.2) is 62.0 Å². The van der Waals surface area contributed by atoms with Gasteiger partial charge in [0.15, 0.2) is 5.78 Å². The Morgan fingerprint density at radius 1 is 1.19 bits per heavy atom. The first-order chi connectivity index (χ1) is 10.1. The van der Waals surface area contributed by atoms with Gasteiger partial charge in [-0.25, -0.2) is 0 Å². The molecule has 0 atom stereocenters. The maximum Gasteiger partial charge on any atom is 0.176 e. The van der Waals surface area contributed by atoms with Crippen molar-refractivity contribution in [1.29, 1.82) is 0 Å². The predicted molar refractivity (Wildman–Crippen MR) is 85.0 cm³/mol. The molecule has 4 heteroatoms. The van der Waals surface area contributed by atoms with Crippen LogP contribution in [0.1, 0.15) is 24.2 Å². The molecule has 1 aliphatic heterocycles. The standard InChI is InChI=1S/C17H26N2O2/c1-14(2)12-18-7-9-19(10-8-18)13-17(20)15-5-4-6-16(11-15)21-3/h4-6,11,14H,7-10,12-13H2,1-3H3. The van der Waals surface area contributed by atoms with Gasteiger partial charge in [-0.3, -0.25) is 9.69 Å². The number of Topliss-reactive ketones (excluding diaryl/α,β-unsaturated/α-hetero) is 1. The second-order valence-corrected chi connectivity index (χ2v) is 6.13. The van der Waals surface area contributed by atoms with E-state index < -0.39 is 0 Å². The van der Waals surface area contributed by atoms with Crippen LogP contribution in [0.25, 0.3) is 0 Å². The number of hydrogen-bond donors (Lipinski definition) is 0. The van der Waals surface area contributed by atoms with E-state index in [0.29, 0.717) is 12.5 Å². The van der Waals surface area contributed by atoms with Gasteiger partial charge < -0.3 is 9.64 Å². The minimum Gasteiger partial charge on any atom is -0.497 e. The number of carbonyl (C=O) groups is 1. The van der Waals surface area contributed by atoms with Crippen LogP contribution in [0.4, 0.5) is 0 Å². The lowest BCUT2D eigenvalue weighted by atomic mass is 10.1. The van der Waals surface area contributed by atoms with Crippen molar-refractivity contribution in [2.75, 3.05) is 46.4 Å². The van der Waals surface area contributed by atoms with Crippen molar-refractivity contribution in [2.45, 2.75) is 13.8 Å². The number of rotatable bonds is 6. The summed E-state index contributed by atoms with van der Waals surface area (Å²) < 4.78 is 5.17. The Balaban J connectivity index is 1.84. The Hall–Kier alpha value is -1.39. The van der Waals surface area contributed by atoms with E-state index >= 15 is 0 Å². The SMILES string of the molecule is COc1cccc(C(=O)CN2CCN(CC(C)C)CC2)c1. The predicted octanol–water partition coefficient (Wildman–Crippen LogP) is 2.15. The Kier molecular flexibility index (Phi) is 5.76. The summed E-state index contributed by atoms with van der Waals surface area (Å²) in [5.41, 5.74) is 0.735. The number of ether oxygens (including phenoxy) is 1. The molecule has 1 aliphatic rings. The number of methoxy groups -OCH3 is 1. The highest BCUT2D eigenvalue weighted by Crippen LogP contribution is 2.14. The molecule has 0 aliphatic carbocycles.